The summed E-state index contributed by atoms with van der Waals surface area (Å²) >= 11 is 8.97. The van der Waals surface area contributed by atoms with Crippen LogP contribution in [0.3, 0.4) is 0 Å². The Labute approximate surface area is 70.9 Å². The Morgan fingerprint density at radius 2 is 2.10 bits per heavy atom. The number of thiocarbonyl (C=S) groups is 1. The normalized spacial score (nSPS) is 19.8. The highest BCUT2D eigenvalue weighted by atomic mass is 32.1. The predicted molar refractivity (Wildman–Crippen MR) is 51.6 cm³/mol. The molecule has 0 aromatic carbocycles. The molecule has 0 fully saturated rings. The molecular formula is C6H8N2S2. The van der Waals surface area contributed by atoms with Crippen LogP contribution < -0.4 is 0 Å². The minimum absolute atomic E-state index is 0.529. The highest BCUT2D eigenvalue weighted by molar-refractivity contribution is 8.11. The molecule has 0 aromatic rings. The van der Waals surface area contributed by atoms with Crippen LogP contribution in [0.25, 0.3) is 0 Å². The van der Waals surface area contributed by atoms with Gasteiger partial charge in [0.1, 0.15) is 0 Å². The van der Waals surface area contributed by atoms with E-state index in [1.807, 2.05) is 6.92 Å². The summed E-state index contributed by atoms with van der Waals surface area (Å²) in [5.74, 6) is 0. The van der Waals surface area contributed by atoms with Crippen molar-refractivity contribution in [3.63, 3.8) is 0 Å². The third-order valence-electron chi connectivity index (χ3n) is 1.48. The first kappa shape index (κ1) is 7.88. The second-order valence-electron chi connectivity index (χ2n) is 2.03. The number of aliphatic imine (C=N–C) groups is 2. The van der Waals surface area contributed by atoms with Crippen LogP contribution in [0.2, 0.25) is 0 Å². The lowest BCUT2D eigenvalue weighted by Gasteiger charge is -2.18. The van der Waals surface area contributed by atoms with Gasteiger partial charge in [-0.2, -0.15) is 0 Å². The van der Waals surface area contributed by atoms with Crippen LogP contribution in [0.15, 0.2) is 9.98 Å². The molecular weight excluding hydrogens is 164 g/mol. The van der Waals surface area contributed by atoms with Crippen LogP contribution in [0.1, 0.15) is 13.3 Å². The van der Waals surface area contributed by atoms with Crippen LogP contribution in [-0.4, -0.2) is 22.3 Å². The monoisotopic (exact) mass is 172 g/mol. The van der Waals surface area contributed by atoms with E-state index in [4.69, 9.17) is 12.2 Å². The third-order valence-corrected chi connectivity index (χ3v) is 2.16. The van der Waals surface area contributed by atoms with Gasteiger partial charge in [-0.15, -0.1) is 12.6 Å². The molecule has 2 nitrogen and oxygen atoms in total. The molecule has 0 saturated carbocycles. The molecule has 0 radical (unpaired) electrons. The molecule has 1 aliphatic rings. The SMILES string of the molecule is CCC1(C(=S)S)N=CC=N1. The Morgan fingerprint density at radius 1 is 1.60 bits per heavy atom. The molecule has 1 aliphatic heterocycles. The highest BCUT2D eigenvalue weighted by Crippen LogP contribution is 2.23. The summed E-state index contributed by atoms with van der Waals surface area (Å²) in [5.41, 5.74) is -0.529. The molecule has 0 aliphatic carbocycles. The first-order valence-electron chi connectivity index (χ1n) is 3.04. The zero-order valence-corrected chi connectivity index (χ0v) is 7.32. The summed E-state index contributed by atoms with van der Waals surface area (Å²) in [6.07, 6.45) is 4.10. The molecule has 4 heteroatoms. The Kier molecular flexibility index (Phi) is 2.21. The molecule has 0 spiro atoms. The molecule has 0 N–H and O–H groups in total. The van der Waals surface area contributed by atoms with E-state index in [0.29, 0.717) is 4.20 Å². The number of hydrogen-bond donors (Lipinski definition) is 1. The van der Waals surface area contributed by atoms with Crippen molar-refractivity contribution in [3.8, 4) is 0 Å². The van der Waals surface area contributed by atoms with Crippen molar-refractivity contribution in [1.82, 2.24) is 0 Å². The maximum absolute atomic E-state index is 4.90. The van der Waals surface area contributed by atoms with Gasteiger partial charge in [-0.25, -0.2) is 0 Å². The zero-order valence-electron chi connectivity index (χ0n) is 5.61. The lowest BCUT2D eigenvalue weighted by molar-refractivity contribution is 0.607. The molecule has 1 heterocycles. The molecule has 0 atom stereocenters. The zero-order chi connectivity index (χ0) is 7.61. The summed E-state index contributed by atoms with van der Waals surface area (Å²) in [6, 6.07) is 0. The first-order valence-corrected chi connectivity index (χ1v) is 3.89. The summed E-state index contributed by atoms with van der Waals surface area (Å²) in [4.78, 5) is 8.24. The maximum atomic E-state index is 4.90. The van der Waals surface area contributed by atoms with Crippen LogP contribution in [-0.2, 0) is 0 Å². The summed E-state index contributed by atoms with van der Waals surface area (Å²) in [7, 11) is 0. The fourth-order valence-electron chi connectivity index (χ4n) is 0.791. The molecule has 0 unspecified atom stereocenters. The van der Waals surface area contributed by atoms with E-state index >= 15 is 0 Å². The average molecular weight is 172 g/mol. The van der Waals surface area contributed by atoms with Gasteiger partial charge < -0.3 is 0 Å². The standard InChI is InChI=1S/C6H8N2S2/c1-2-6(5(9)10)7-3-4-8-6/h3-4H,2H2,1H3,(H,9,10). The number of nitrogens with zero attached hydrogens (tertiary/aromatic N) is 2. The molecule has 0 saturated heterocycles. The minimum atomic E-state index is -0.529. The van der Waals surface area contributed by atoms with Crippen molar-refractivity contribution in [2.75, 3.05) is 0 Å². The number of hydrogen-bond acceptors (Lipinski definition) is 3. The van der Waals surface area contributed by atoms with Crippen molar-refractivity contribution < 1.29 is 0 Å². The van der Waals surface area contributed by atoms with E-state index in [-0.39, 0.29) is 0 Å². The van der Waals surface area contributed by atoms with Gasteiger partial charge in [-0.3, -0.25) is 9.98 Å². The van der Waals surface area contributed by atoms with E-state index in [0.717, 1.165) is 6.42 Å². The van der Waals surface area contributed by atoms with Gasteiger partial charge in [0.2, 0.25) is 0 Å². The van der Waals surface area contributed by atoms with E-state index < -0.39 is 5.66 Å². The first-order chi connectivity index (χ1) is 4.71. The molecule has 0 bridgehead atoms. The Hall–Kier alpha value is -0.220. The molecule has 54 valence electrons. The van der Waals surface area contributed by atoms with Gasteiger partial charge in [0.05, 0.1) is 4.20 Å². The maximum Gasteiger partial charge on any atom is 0.190 e. The fourth-order valence-corrected chi connectivity index (χ4v) is 1.31. The van der Waals surface area contributed by atoms with E-state index in [2.05, 4.69) is 22.6 Å². The molecule has 0 amide bonds. The largest absolute Gasteiger partial charge is 0.256 e. The summed E-state index contributed by atoms with van der Waals surface area (Å²) < 4.78 is 0.542. The second-order valence-corrected chi connectivity index (χ2v) is 3.19. The van der Waals surface area contributed by atoms with Crippen LogP contribution in [0.5, 0.6) is 0 Å². The van der Waals surface area contributed by atoms with Gasteiger partial charge in [-0.05, 0) is 6.42 Å². The van der Waals surface area contributed by atoms with Crippen LogP contribution in [0, 0.1) is 0 Å². The Morgan fingerprint density at radius 3 is 2.30 bits per heavy atom. The van der Waals surface area contributed by atoms with Crippen LogP contribution in [0.4, 0.5) is 0 Å². The fraction of sp³-hybridized carbons (Fsp3) is 0.500. The van der Waals surface area contributed by atoms with Gasteiger partial charge in [0, 0.05) is 12.4 Å². The lowest BCUT2D eigenvalue weighted by atomic mass is 10.2. The Balaban J connectivity index is 2.90. The highest BCUT2D eigenvalue weighted by Gasteiger charge is 2.30. The number of thiol groups is 1. The van der Waals surface area contributed by atoms with Crippen molar-refractivity contribution >= 4 is 41.5 Å². The topological polar surface area (TPSA) is 24.7 Å². The van der Waals surface area contributed by atoms with Gasteiger partial charge in [-0.1, -0.05) is 19.1 Å². The third kappa shape index (κ3) is 1.13. The molecule has 10 heavy (non-hydrogen) atoms. The molecule has 0 aromatic heterocycles. The minimum Gasteiger partial charge on any atom is -0.256 e. The van der Waals surface area contributed by atoms with Crippen molar-refractivity contribution in [2.45, 2.75) is 19.0 Å². The van der Waals surface area contributed by atoms with Crippen molar-refractivity contribution in [2.24, 2.45) is 9.98 Å². The van der Waals surface area contributed by atoms with E-state index in [1.54, 1.807) is 12.4 Å². The summed E-state index contributed by atoms with van der Waals surface area (Å²) in [6.45, 7) is 1.99. The average Bonchev–Trinajstić information content (AvgIpc) is 2.35. The van der Waals surface area contributed by atoms with E-state index in [9.17, 15) is 0 Å². The summed E-state index contributed by atoms with van der Waals surface area (Å²) in [5, 5.41) is 0. The predicted octanol–water partition coefficient (Wildman–Crippen LogP) is 1.51. The second kappa shape index (κ2) is 2.80. The van der Waals surface area contributed by atoms with Gasteiger partial charge in [0.15, 0.2) is 5.66 Å². The van der Waals surface area contributed by atoms with Crippen LogP contribution >= 0.6 is 24.8 Å². The lowest BCUT2D eigenvalue weighted by Crippen LogP contribution is -2.26. The quantitative estimate of drug-likeness (QED) is 0.495. The van der Waals surface area contributed by atoms with Gasteiger partial charge >= 0.3 is 0 Å². The number of rotatable bonds is 2. The smallest absolute Gasteiger partial charge is 0.190 e. The Bertz CT molecular complexity index is 196. The van der Waals surface area contributed by atoms with E-state index in [1.165, 1.54) is 0 Å². The van der Waals surface area contributed by atoms with Gasteiger partial charge in [0.25, 0.3) is 0 Å². The van der Waals surface area contributed by atoms with Crippen molar-refractivity contribution in [3.05, 3.63) is 0 Å². The van der Waals surface area contributed by atoms with Crippen molar-refractivity contribution in [1.29, 1.82) is 0 Å². The molecule has 1 rings (SSSR count).